The predicted molar refractivity (Wildman–Crippen MR) is 111 cm³/mol. The molecule has 0 unspecified atom stereocenters. The molecule has 1 N–H and O–H groups in total. The fourth-order valence-corrected chi connectivity index (χ4v) is 3.58. The summed E-state index contributed by atoms with van der Waals surface area (Å²) in [6.07, 6.45) is 4.45. The van der Waals surface area contributed by atoms with Crippen molar-refractivity contribution < 1.29 is 4.74 Å². The van der Waals surface area contributed by atoms with Gasteiger partial charge in [0.1, 0.15) is 0 Å². The van der Waals surface area contributed by atoms with Gasteiger partial charge < -0.3 is 15.0 Å². The van der Waals surface area contributed by atoms with E-state index in [1.807, 2.05) is 0 Å². The Balaban J connectivity index is 1.30. The smallest absolute Gasteiger partial charge is 0.169 e. The second kappa shape index (κ2) is 10.6. The van der Waals surface area contributed by atoms with E-state index in [9.17, 15) is 0 Å². The van der Waals surface area contributed by atoms with E-state index in [2.05, 4.69) is 62.5 Å². The molecular weight excluding hydrogens is 344 g/mol. The Morgan fingerprint density at radius 2 is 1.73 bits per heavy atom. The first kappa shape index (κ1) is 19.3. The van der Waals surface area contributed by atoms with Crippen molar-refractivity contribution in [2.75, 3.05) is 72.1 Å². The third kappa shape index (κ3) is 6.36. The van der Waals surface area contributed by atoms with Crippen LogP contribution < -0.4 is 5.32 Å². The number of hydrogen-bond donors (Lipinski definition) is 1. The minimum atomic E-state index is 0.852. The molecule has 2 aliphatic rings. The molecule has 2 fully saturated rings. The molecule has 2 heterocycles. The van der Waals surface area contributed by atoms with E-state index in [-0.39, 0.29) is 0 Å². The zero-order valence-electron chi connectivity index (χ0n) is 15.5. The SMILES string of the molecule is S=C(NCCN1CCOCC1)N1CCN(C/C=C/c2ccccc2)CC1. The number of benzene rings is 1. The van der Waals surface area contributed by atoms with Crippen molar-refractivity contribution in [2.45, 2.75) is 0 Å². The summed E-state index contributed by atoms with van der Waals surface area (Å²) in [5, 5.41) is 4.32. The molecule has 1 aromatic rings. The molecule has 3 rings (SSSR count). The topological polar surface area (TPSA) is 31.0 Å². The number of hydrogen-bond acceptors (Lipinski definition) is 4. The first-order valence-corrected chi connectivity index (χ1v) is 9.99. The molecule has 0 saturated carbocycles. The predicted octanol–water partition coefficient (Wildman–Crippen LogP) is 1.52. The second-order valence-electron chi connectivity index (χ2n) is 6.79. The minimum absolute atomic E-state index is 0.852. The van der Waals surface area contributed by atoms with Crippen molar-refractivity contribution in [1.29, 1.82) is 0 Å². The summed E-state index contributed by atoms with van der Waals surface area (Å²) in [4.78, 5) is 7.20. The van der Waals surface area contributed by atoms with E-state index in [1.165, 1.54) is 5.56 Å². The van der Waals surface area contributed by atoms with E-state index in [1.54, 1.807) is 0 Å². The van der Waals surface area contributed by atoms with Gasteiger partial charge in [0.25, 0.3) is 0 Å². The first-order chi connectivity index (χ1) is 12.8. The molecule has 0 bridgehead atoms. The number of nitrogens with zero attached hydrogens (tertiary/aromatic N) is 3. The highest BCUT2D eigenvalue weighted by Gasteiger charge is 2.18. The van der Waals surface area contributed by atoms with E-state index < -0.39 is 0 Å². The number of nitrogens with one attached hydrogen (secondary N) is 1. The average molecular weight is 375 g/mol. The lowest BCUT2D eigenvalue weighted by Crippen LogP contribution is -2.52. The van der Waals surface area contributed by atoms with Gasteiger partial charge in [-0.2, -0.15) is 0 Å². The van der Waals surface area contributed by atoms with Crippen LogP contribution in [0.15, 0.2) is 36.4 Å². The standard InChI is InChI=1S/C20H30N4OS/c26-20(21-8-10-23-15-17-25-18-16-23)24-13-11-22(12-14-24)9-4-7-19-5-2-1-3-6-19/h1-7H,8-18H2,(H,21,26)/b7-4+. The molecule has 0 aromatic heterocycles. The Morgan fingerprint density at radius 1 is 1.00 bits per heavy atom. The van der Waals surface area contributed by atoms with Crippen molar-refractivity contribution >= 4 is 23.4 Å². The molecule has 1 aromatic carbocycles. The Labute approximate surface area is 162 Å². The molecule has 0 atom stereocenters. The van der Waals surface area contributed by atoms with Gasteiger partial charge in [0.05, 0.1) is 13.2 Å². The Morgan fingerprint density at radius 3 is 2.46 bits per heavy atom. The largest absolute Gasteiger partial charge is 0.379 e. The number of ether oxygens (including phenoxy) is 1. The average Bonchev–Trinajstić information content (AvgIpc) is 2.70. The van der Waals surface area contributed by atoms with Crippen LogP contribution in [0.3, 0.4) is 0 Å². The summed E-state index contributed by atoms with van der Waals surface area (Å²) in [7, 11) is 0. The van der Waals surface area contributed by atoms with Crippen LogP contribution in [-0.2, 0) is 4.74 Å². The van der Waals surface area contributed by atoms with Crippen molar-refractivity contribution in [3.05, 3.63) is 42.0 Å². The molecule has 0 radical (unpaired) electrons. The highest BCUT2D eigenvalue weighted by molar-refractivity contribution is 7.80. The first-order valence-electron chi connectivity index (χ1n) is 9.58. The van der Waals surface area contributed by atoms with Crippen molar-refractivity contribution in [3.8, 4) is 0 Å². The summed E-state index contributed by atoms with van der Waals surface area (Å²) >= 11 is 5.57. The maximum Gasteiger partial charge on any atom is 0.169 e. The molecular formula is C20H30N4OS. The number of piperazine rings is 1. The van der Waals surface area contributed by atoms with Gasteiger partial charge in [-0.25, -0.2) is 0 Å². The minimum Gasteiger partial charge on any atom is -0.379 e. The fraction of sp³-hybridized carbons (Fsp3) is 0.550. The van der Waals surface area contributed by atoms with Crippen LogP contribution in [0.5, 0.6) is 0 Å². The van der Waals surface area contributed by atoms with Crippen LogP contribution in [0.25, 0.3) is 6.08 Å². The van der Waals surface area contributed by atoms with E-state index in [4.69, 9.17) is 17.0 Å². The van der Waals surface area contributed by atoms with Crippen LogP contribution in [0.4, 0.5) is 0 Å². The van der Waals surface area contributed by atoms with Gasteiger partial charge in [0.2, 0.25) is 0 Å². The third-order valence-corrected chi connectivity index (χ3v) is 5.34. The van der Waals surface area contributed by atoms with Crippen LogP contribution in [0, 0.1) is 0 Å². The lowest BCUT2D eigenvalue weighted by Gasteiger charge is -2.36. The van der Waals surface area contributed by atoms with Crippen LogP contribution in [0.2, 0.25) is 0 Å². The van der Waals surface area contributed by atoms with E-state index >= 15 is 0 Å². The number of morpholine rings is 1. The van der Waals surface area contributed by atoms with Crippen molar-refractivity contribution in [2.24, 2.45) is 0 Å². The van der Waals surface area contributed by atoms with Gasteiger partial charge >= 0.3 is 0 Å². The molecule has 142 valence electrons. The maximum absolute atomic E-state index is 5.57. The Bertz CT molecular complexity index is 566. The molecule has 5 nitrogen and oxygen atoms in total. The van der Waals surface area contributed by atoms with E-state index in [0.29, 0.717) is 0 Å². The quantitative estimate of drug-likeness (QED) is 0.760. The highest BCUT2D eigenvalue weighted by Crippen LogP contribution is 2.05. The van der Waals surface area contributed by atoms with Crippen LogP contribution in [-0.4, -0.2) is 91.9 Å². The van der Waals surface area contributed by atoms with E-state index in [0.717, 1.165) is 77.2 Å². The van der Waals surface area contributed by atoms with Gasteiger partial charge in [-0.1, -0.05) is 42.5 Å². The van der Waals surface area contributed by atoms with Gasteiger partial charge in [0, 0.05) is 58.9 Å². The molecule has 0 amide bonds. The lowest BCUT2D eigenvalue weighted by molar-refractivity contribution is 0.0388. The van der Waals surface area contributed by atoms with Gasteiger partial charge in [0.15, 0.2) is 5.11 Å². The third-order valence-electron chi connectivity index (χ3n) is 4.94. The summed E-state index contributed by atoms with van der Waals surface area (Å²) in [5.74, 6) is 0. The lowest BCUT2D eigenvalue weighted by atomic mass is 10.2. The zero-order valence-corrected chi connectivity index (χ0v) is 16.3. The molecule has 0 aliphatic carbocycles. The zero-order chi connectivity index (χ0) is 18.0. The summed E-state index contributed by atoms with van der Waals surface area (Å²) in [5.41, 5.74) is 1.26. The molecule has 2 saturated heterocycles. The highest BCUT2D eigenvalue weighted by atomic mass is 32.1. The van der Waals surface area contributed by atoms with Crippen LogP contribution >= 0.6 is 12.2 Å². The van der Waals surface area contributed by atoms with Gasteiger partial charge in [-0.3, -0.25) is 9.80 Å². The van der Waals surface area contributed by atoms with Crippen molar-refractivity contribution in [1.82, 2.24) is 20.0 Å². The second-order valence-corrected chi connectivity index (χ2v) is 7.17. The molecule has 6 heteroatoms. The summed E-state index contributed by atoms with van der Waals surface area (Å²) < 4.78 is 5.38. The normalized spacial score (nSPS) is 19.8. The Hall–Kier alpha value is -1.47. The maximum atomic E-state index is 5.57. The molecule has 2 aliphatic heterocycles. The molecule has 0 spiro atoms. The summed E-state index contributed by atoms with van der Waals surface area (Å²) in [6.45, 7) is 10.8. The molecule has 26 heavy (non-hydrogen) atoms. The van der Waals surface area contributed by atoms with Crippen molar-refractivity contribution in [3.63, 3.8) is 0 Å². The monoisotopic (exact) mass is 374 g/mol. The van der Waals surface area contributed by atoms with Gasteiger partial charge in [-0.15, -0.1) is 0 Å². The number of thiocarbonyl (C=S) groups is 1. The Kier molecular flexibility index (Phi) is 7.88. The van der Waals surface area contributed by atoms with Gasteiger partial charge in [-0.05, 0) is 17.8 Å². The van der Waals surface area contributed by atoms with Crippen LogP contribution in [0.1, 0.15) is 5.56 Å². The summed E-state index contributed by atoms with van der Waals surface area (Å²) in [6, 6.07) is 10.5. The fourth-order valence-electron chi connectivity index (χ4n) is 3.29. The number of rotatable bonds is 6.